The van der Waals surface area contributed by atoms with Gasteiger partial charge in [0.05, 0.1) is 0 Å². The van der Waals surface area contributed by atoms with Crippen molar-refractivity contribution in [1.82, 2.24) is 0 Å². The molecular formula is C22H31N3O3+2. The van der Waals surface area contributed by atoms with E-state index in [1.165, 1.54) is 17.4 Å². The van der Waals surface area contributed by atoms with Gasteiger partial charge in [-0.3, -0.25) is 4.79 Å². The van der Waals surface area contributed by atoms with Crippen molar-refractivity contribution in [3.05, 3.63) is 60.2 Å². The topological polar surface area (TPSA) is 67.4 Å². The largest absolute Gasteiger partial charge is 0.491 e. The number of hydrogen-bond acceptors (Lipinski definition) is 3. The van der Waals surface area contributed by atoms with Gasteiger partial charge in [-0.25, -0.2) is 0 Å². The number of aliphatic hydroxyl groups excluding tert-OH is 1. The van der Waals surface area contributed by atoms with Gasteiger partial charge in [0.1, 0.15) is 57.7 Å². The maximum atomic E-state index is 11.0. The monoisotopic (exact) mass is 385 g/mol. The van der Waals surface area contributed by atoms with Gasteiger partial charge in [-0.1, -0.05) is 30.3 Å². The van der Waals surface area contributed by atoms with Crippen molar-refractivity contribution in [2.24, 2.45) is 0 Å². The van der Waals surface area contributed by atoms with Crippen LogP contribution in [0.2, 0.25) is 0 Å². The SMILES string of the molecule is CC(=O)Nc1ccc(OC[C@H](O)C[NH+]2CC[NH+](Cc3ccccc3)CC2)cc1. The first-order valence-corrected chi connectivity index (χ1v) is 9.98. The van der Waals surface area contributed by atoms with Crippen molar-refractivity contribution in [2.45, 2.75) is 19.6 Å². The van der Waals surface area contributed by atoms with Gasteiger partial charge < -0.3 is 25.0 Å². The molecule has 1 saturated heterocycles. The van der Waals surface area contributed by atoms with Gasteiger partial charge in [0.25, 0.3) is 0 Å². The lowest BCUT2D eigenvalue weighted by Crippen LogP contribution is -3.28. The maximum absolute atomic E-state index is 11.0. The minimum absolute atomic E-state index is 0.0993. The molecule has 0 saturated carbocycles. The highest BCUT2D eigenvalue weighted by atomic mass is 16.5. The summed E-state index contributed by atoms with van der Waals surface area (Å²) in [5.74, 6) is 0.595. The number of ether oxygens (including phenoxy) is 1. The van der Waals surface area contributed by atoms with Crippen LogP contribution in [-0.2, 0) is 11.3 Å². The molecule has 0 unspecified atom stereocenters. The van der Waals surface area contributed by atoms with Crippen LogP contribution in [0.1, 0.15) is 12.5 Å². The van der Waals surface area contributed by atoms with Crippen LogP contribution in [0.4, 0.5) is 5.69 Å². The molecule has 28 heavy (non-hydrogen) atoms. The van der Waals surface area contributed by atoms with E-state index in [4.69, 9.17) is 4.74 Å². The third-order valence-corrected chi connectivity index (χ3v) is 5.10. The van der Waals surface area contributed by atoms with Crippen molar-refractivity contribution >= 4 is 11.6 Å². The normalized spacial score (nSPS) is 20.4. The lowest BCUT2D eigenvalue weighted by Gasteiger charge is -2.30. The second kappa shape index (κ2) is 10.2. The molecular weight excluding hydrogens is 354 g/mol. The summed E-state index contributed by atoms with van der Waals surface area (Å²) in [6.45, 7) is 7.95. The number of piperazine rings is 1. The van der Waals surface area contributed by atoms with E-state index in [9.17, 15) is 9.90 Å². The predicted octanol–water partition coefficient (Wildman–Crippen LogP) is -0.632. The van der Waals surface area contributed by atoms with Crippen LogP contribution in [0.25, 0.3) is 0 Å². The van der Waals surface area contributed by atoms with Gasteiger partial charge in [-0.05, 0) is 24.3 Å². The molecule has 1 aliphatic heterocycles. The van der Waals surface area contributed by atoms with Crippen LogP contribution in [0.3, 0.4) is 0 Å². The van der Waals surface area contributed by atoms with E-state index in [0.29, 0.717) is 12.3 Å². The van der Waals surface area contributed by atoms with Crippen molar-refractivity contribution in [3.8, 4) is 5.75 Å². The third kappa shape index (κ3) is 6.64. The smallest absolute Gasteiger partial charge is 0.221 e. The fourth-order valence-electron chi connectivity index (χ4n) is 3.64. The third-order valence-electron chi connectivity index (χ3n) is 5.10. The first kappa shape index (κ1) is 20.3. The van der Waals surface area contributed by atoms with Crippen molar-refractivity contribution in [3.63, 3.8) is 0 Å². The summed E-state index contributed by atoms with van der Waals surface area (Å²) >= 11 is 0. The van der Waals surface area contributed by atoms with Crippen LogP contribution in [0.15, 0.2) is 54.6 Å². The first-order chi connectivity index (χ1) is 13.6. The van der Waals surface area contributed by atoms with Crippen LogP contribution in [0.5, 0.6) is 5.75 Å². The van der Waals surface area contributed by atoms with Gasteiger partial charge >= 0.3 is 0 Å². The highest BCUT2D eigenvalue weighted by Crippen LogP contribution is 2.15. The average Bonchev–Trinajstić information content (AvgIpc) is 2.69. The van der Waals surface area contributed by atoms with E-state index in [2.05, 4.69) is 35.6 Å². The minimum atomic E-state index is -0.485. The number of nitrogens with one attached hydrogen (secondary N) is 3. The predicted molar refractivity (Wildman–Crippen MR) is 109 cm³/mol. The molecule has 1 fully saturated rings. The molecule has 6 heteroatoms. The number of anilines is 1. The zero-order valence-electron chi connectivity index (χ0n) is 16.5. The Bertz CT molecular complexity index is 728. The summed E-state index contributed by atoms with van der Waals surface area (Å²) in [7, 11) is 0. The molecule has 1 heterocycles. The van der Waals surface area contributed by atoms with E-state index in [1.807, 2.05) is 0 Å². The Kier molecular flexibility index (Phi) is 7.42. The second-order valence-corrected chi connectivity index (χ2v) is 7.54. The molecule has 0 spiro atoms. The standard InChI is InChI=1S/C22H29N3O3/c1-18(26)23-20-7-9-22(10-8-20)28-17-21(27)16-25-13-11-24(12-14-25)15-19-5-3-2-4-6-19/h2-10,21,27H,11-17H2,1H3,(H,23,26)/p+2/t21-/m1/s1. The number of amides is 1. The summed E-state index contributed by atoms with van der Waals surface area (Å²) < 4.78 is 5.69. The molecule has 4 N–H and O–H groups in total. The van der Waals surface area contributed by atoms with Gasteiger partial charge in [0.2, 0.25) is 5.91 Å². The molecule has 2 aromatic rings. The Morgan fingerprint density at radius 1 is 1.04 bits per heavy atom. The zero-order chi connectivity index (χ0) is 19.8. The molecule has 0 radical (unpaired) electrons. The number of carbonyl (C=O) groups excluding carboxylic acids is 1. The van der Waals surface area contributed by atoms with E-state index < -0.39 is 6.10 Å². The molecule has 1 amide bonds. The number of carbonyl (C=O) groups is 1. The summed E-state index contributed by atoms with van der Waals surface area (Å²) in [5.41, 5.74) is 2.12. The number of aliphatic hydroxyl groups is 1. The van der Waals surface area contributed by atoms with Crippen molar-refractivity contribution in [1.29, 1.82) is 0 Å². The maximum Gasteiger partial charge on any atom is 0.221 e. The molecule has 0 aliphatic carbocycles. The Morgan fingerprint density at radius 2 is 1.68 bits per heavy atom. The Balaban J connectivity index is 1.35. The van der Waals surface area contributed by atoms with E-state index in [0.717, 1.165) is 38.4 Å². The van der Waals surface area contributed by atoms with E-state index >= 15 is 0 Å². The summed E-state index contributed by atoms with van der Waals surface area (Å²) in [6.07, 6.45) is -0.485. The fraction of sp³-hybridized carbons (Fsp3) is 0.409. The number of quaternary nitrogens is 2. The lowest BCUT2D eigenvalue weighted by atomic mass is 10.2. The van der Waals surface area contributed by atoms with Crippen LogP contribution in [-0.4, -0.2) is 56.4 Å². The quantitative estimate of drug-likeness (QED) is 0.489. The molecule has 3 rings (SSSR count). The summed E-state index contributed by atoms with van der Waals surface area (Å²) in [6, 6.07) is 17.8. The highest BCUT2D eigenvalue weighted by molar-refractivity contribution is 5.88. The van der Waals surface area contributed by atoms with Crippen LogP contribution >= 0.6 is 0 Å². The number of rotatable bonds is 8. The molecule has 1 atom stereocenters. The average molecular weight is 386 g/mol. The summed E-state index contributed by atoms with van der Waals surface area (Å²) in [4.78, 5) is 14.1. The van der Waals surface area contributed by atoms with Crippen LogP contribution in [0, 0.1) is 0 Å². The van der Waals surface area contributed by atoms with Gasteiger partial charge in [-0.15, -0.1) is 0 Å². The minimum Gasteiger partial charge on any atom is -0.491 e. The van der Waals surface area contributed by atoms with E-state index in [1.54, 1.807) is 29.2 Å². The molecule has 150 valence electrons. The Hall–Kier alpha value is -2.41. The van der Waals surface area contributed by atoms with Crippen molar-refractivity contribution in [2.75, 3.05) is 44.6 Å². The fourth-order valence-corrected chi connectivity index (χ4v) is 3.64. The van der Waals surface area contributed by atoms with Crippen molar-refractivity contribution < 1.29 is 24.4 Å². The molecule has 0 aromatic heterocycles. The molecule has 2 aromatic carbocycles. The first-order valence-electron chi connectivity index (χ1n) is 9.98. The van der Waals surface area contributed by atoms with Crippen LogP contribution < -0.4 is 19.9 Å². The van der Waals surface area contributed by atoms with Gasteiger partial charge in [-0.2, -0.15) is 0 Å². The van der Waals surface area contributed by atoms with Gasteiger partial charge in [0, 0.05) is 18.2 Å². The Morgan fingerprint density at radius 3 is 2.32 bits per heavy atom. The zero-order valence-corrected chi connectivity index (χ0v) is 16.5. The van der Waals surface area contributed by atoms with Gasteiger partial charge in [0.15, 0.2) is 0 Å². The molecule has 6 nitrogen and oxygen atoms in total. The lowest BCUT2D eigenvalue weighted by molar-refractivity contribution is -1.02. The second-order valence-electron chi connectivity index (χ2n) is 7.54. The van der Waals surface area contributed by atoms with E-state index in [-0.39, 0.29) is 12.5 Å². The number of hydrogen-bond donors (Lipinski definition) is 4. The highest BCUT2D eigenvalue weighted by Gasteiger charge is 2.25. The number of benzene rings is 2. The molecule has 0 bridgehead atoms. The Labute approximate surface area is 166 Å². The summed E-state index contributed by atoms with van der Waals surface area (Å²) in [5, 5.41) is 13.0. The molecule has 1 aliphatic rings.